The summed E-state index contributed by atoms with van der Waals surface area (Å²) in [7, 11) is 0. The van der Waals surface area contributed by atoms with Gasteiger partial charge in [-0.2, -0.15) is 0 Å². The van der Waals surface area contributed by atoms with Crippen LogP contribution in [0.3, 0.4) is 0 Å². The number of thiazole rings is 1. The van der Waals surface area contributed by atoms with Gasteiger partial charge in [0.25, 0.3) is 0 Å². The number of carboxylic acids is 1. The first-order valence-electron chi connectivity index (χ1n) is 6.16. The van der Waals surface area contributed by atoms with Crippen molar-refractivity contribution in [1.82, 2.24) is 4.57 Å². The number of nitrogens with zero attached hydrogens (tertiary/aromatic N) is 2. The third-order valence-corrected chi connectivity index (χ3v) is 4.96. The molecule has 3 rings (SSSR count). The summed E-state index contributed by atoms with van der Waals surface area (Å²) in [6.45, 7) is -0.361. The second-order valence-electron chi connectivity index (χ2n) is 4.56. The summed E-state index contributed by atoms with van der Waals surface area (Å²) in [5.74, 6) is -1.19. The predicted molar refractivity (Wildman–Crippen MR) is 92.6 cm³/mol. The van der Waals surface area contributed by atoms with Crippen LogP contribution >= 0.6 is 39.5 Å². The minimum Gasteiger partial charge on any atom is -0.493 e. The molecule has 1 aliphatic heterocycles. The Kier molecular flexibility index (Phi) is 3.98. The molecule has 0 saturated heterocycles. The molecule has 1 aromatic carbocycles. The molecule has 0 aliphatic carbocycles. The third-order valence-electron chi connectivity index (χ3n) is 3.09. The second kappa shape index (κ2) is 5.79. The molecule has 8 heteroatoms. The molecule has 0 unspecified atom stereocenters. The maximum atomic E-state index is 10.8. The Balaban J connectivity index is 2.05. The number of aromatic nitrogens is 1. The molecule has 0 bridgehead atoms. The number of rotatable bonds is 3. The number of hydrogen-bond acceptors (Lipinski definition) is 5. The van der Waals surface area contributed by atoms with E-state index in [2.05, 4.69) is 20.9 Å². The summed E-state index contributed by atoms with van der Waals surface area (Å²) in [5.41, 5.74) is 2.63. The highest BCUT2D eigenvalue weighted by molar-refractivity contribution is 9.10. The molecule has 2 aromatic rings. The molecule has 0 spiro atoms. The molecule has 112 valence electrons. The predicted octanol–water partition coefficient (Wildman–Crippen LogP) is 4.09. The molecule has 1 aromatic heterocycles. The first-order valence-corrected chi connectivity index (χ1v) is 8.17. The number of carbonyl (C=O) groups is 1. The van der Waals surface area contributed by atoms with Crippen LogP contribution in [0, 0.1) is 3.95 Å². The summed E-state index contributed by atoms with van der Waals surface area (Å²) in [6.07, 6.45) is 3.47. The Hall–Kier alpha value is -1.77. The quantitative estimate of drug-likeness (QED) is 0.766. The van der Waals surface area contributed by atoms with Gasteiger partial charge in [-0.15, -0.1) is 11.3 Å². The summed E-state index contributed by atoms with van der Waals surface area (Å²) >= 11 is 9.69. The fraction of sp³-hybridized carbons (Fsp3) is 0.0714. The Morgan fingerprint density at radius 2 is 2.27 bits per heavy atom. The molecule has 2 N–H and O–H groups in total. The van der Waals surface area contributed by atoms with Crippen LogP contribution in [0.1, 0.15) is 10.4 Å². The summed E-state index contributed by atoms with van der Waals surface area (Å²) in [6, 6.07) is 5.75. The zero-order valence-electron chi connectivity index (χ0n) is 11.0. The fourth-order valence-electron chi connectivity index (χ4n) is 2.10. The number of aliphatic imine (C=N–C) groups is 1. The lowest BCUT2D eigenvalue weighted by molar-refractivity contribution is -0.137. The number of benzene rings is 1. The van der Waals surface area contributed by atoms with Gasteiger partial charge in [0, 0.05) is 21.8 Å². The molecule has 1 aliphatic rings. The summed E-state index contributed by atoms with van der Waals surface area (Å²) in [4.78, 5) is 15.6. The van der Waals surface area contributed by atoms with Crippen molar-refractivity contribution >= 4 is 69.0 Å². The Bertz CT molecular complexity index is 896. The highest BCUT2D eigenvalue weighted by Gasteiger charge is 2.16. The maximum absolute atomic E-state index is 10.8. The first-order chi connectivity index (χ1) is 10.5. The van der Waals surface area contributed by atoms with E-state index in [-0.39, 0.29) is 12.4 Å². The van der Waals surface area contributed by atoms with Crippen molar-refractivity contribution in [3.63, 3.8) is 0 Å². The van der Waals surface area contributed by atoms with Gasteiger partial charge in [0.2, 0.25) is 5.88 Å². The lowest BCUT2D eigenvalue weighted by atomic mass is 10.1. The summed E-state index contributed by atoms with van der Waals surface area (Å²) < 4.78 is 2.45. The molecule has 2 heterocycles. The topological polar surface area (TPSA) is 74.8 Å². The molecule has 0 fully saturated rings. The van der Waals surface area contributed by atoms with E-state index < -0.39 is 5.97 Å². The number of hydrogen-bond donors (Lipinski definition) is 2. The number of fused-ring (bicyclic) bond motifs is 1. The van der Waals surface area contributed by atoms with Crippen LogP contribution in [0.4, 0.5) is 5.69 Å². The van der Waals surface area contributed by atoms with Crippen LogP contribution in [0.2, 0.25) is 0 Å². The van der Waals surface area contributed by atoms with Gasteiger partial charge in [-0.3, -0.25) is 14.4 Å². The minimum atomic E-state index is -1.06. The van der Waals surface area contributed by atoms with E-state index in [4.69, 9.17) is 17.3 Å². The molecule has 0 atom stereocenters. The lowest BCUT2D eigenvalue weighted by Gasteiger charge is -2.01. The third kappa shape index (κ3) is 2.77. The number of halogens is 1. The molecule has 0 saturated carbocycles. The molecule has 0 radical (unpaired) electrons. The average Bonchev–Trinajstić information content (AvgIpc) is 2.95. The van der Waals surface area contributed by atoms with Crippen molar-refractivity contribution in [2.75, 3.05) is 0 Å². The average molecular weight is 397 g/mol. The van der Waals surface area contributed by atoms with Crippen molar-refractivity contribution < 1.29 is 15.0 Å². The van der Waals surface area contributed by atoms with E-state index in [0.29, 0.717) is 8.83 Å². The smallest absolute Gasteiger partial charge is 0.323 e. The van der Waals surface area contributed by atoms with Crippen LogP contribution in [0.5, 0.6) is 5.88 Å². The molecule has 0 amide bonds. The maximum Gasteiger partial charge on any atom is 0.323 e. The monoisotopic (exact) mass is 396 g/mol. The van der Waals surface area contributed by atoms with Crippen molar-refractivity contribution in [2.24, 2.45) is 4.99 Å². The zero-order valence-corrected chi connectivity index (χ0v) is 14.2. The van der Waals surface area contributed by atoms with Crippen molar-refractivity contribution in [1.29, 1.82) is 0 Å². The molecular weight excluding hydrogens is 388 g/mol. The van der Waals surface area contributed by atoms with Gasteiger partial charge in [0.15, 0.2) is 3.95 Å². The highest BCUT2D eigenvalue weighted by atomic mass is 79.9. The number of carboxylic acid groups (broad SMARTS) is 1. The normalized spacial score (nSPS) is 14.5. The van der Waals surface area contributed by atoms with E-state index in [0.717, 1.165) is 32.6 Å². The van der Waals surface area contributed by atoms with E-state index in [9.17, 15) is 9.90 Å². The largest absolute Gasteiger partial charge is 0.493 e. The molecule has 22 heavy (non-hydrogen) atoms. The van der Waals surface area contributed by atoms with Gasteiger partial charge in [-0.05, 0) is 36.5 Å². The van der Waals surface area contributed by atoms with E-state index in [1.54, 1.807) is 12.3 Å². The van der Waals surface area contributed by atoms with E-state index >= 15 is 0 Å². The van der Waals surface area contributed by atoms with Crippen LogP contribution in [0.25, 0.3) is 11.6 Å². The highest BCUT2D eigenvalue weighted by Crippen LogP contribution is 2.37. The standard InChI is InChI=1S/C14H9BrN2O3S2/c15-8-1-2-10-9(4-8)7(5-16-10)3-11-13(20)17(6-12(18)19)14(21)22-11/h1-5,20H,6H2,(H,18,19)/b7-3+. The fourth-order valence-corrected chi connectivity index (χ4v) is 3.72. The number of aromatic hydroxyl groups is 1. The Morgan fingerprint density at radius 3 is 3.00 bits per heavy atom. The lowest BCUT2D eigenvalue weighted by Crippen LogP contribution is -2.07. The van der Waals surface area contributed by atoms with Crippen molar-refractivity contribution in [3.05, 3.63) is 37.1 Å². The SMILES string of the molecule is O=C(O)Cn1c(O)c(/C=C2\C=Nc3ccc(Br)cc32)sc1=S. The van der Waals surface area contributed by atoms with Crippen molar-refractivity contribution in [3.8, 4) is 5.88 Å². The van der Waals surface area contributed by atoms with Crippen LogP contribution < -0.4 is 0 Å². The summed E-state index contributed by atoms with van der Waals surface area (Å²) in [5, 5.41) is 19.0. The molecular formula is C14H9BrN2O3S2. The minimum absolute atomic E-state index is 0.137. The van der Waals surface area contributed by atoms with Crippen LogP contribution in [0.15, 0.2) is 27.7 Å². The van der Waals surface area contributed by atoms with Crippen LogP contribution in [-0.2, 0) is 11.3 Å². The zero-order chi connectivity index (χ0) is 15.9. The Labute approximate surface area is 143 Å². The van der Waals surface area contributed by atoms with E-state index in [1.165, 1.54) is 4.57 Å². The van der Waals surface area contributed by atoms with E-state index in [1.807, 2.05) is 18.2 Å². The van der Waals surface area contributed by atoms with Gasteiger partial charge in [0.1, 0.15) is 6.54 Å². The van der Waals surface area contributed by atoms with Gasteiger partial charge in [-0.25, -0.2) is 0 Å². The van der Waals surface area contributed by atoms with Crippen molar-refractivity contribution in [2.45, 2.75) is 6.54 Å². The van der Waals surface area contributed by atoms with Crippen LogP contribution in [-0.4, -0.2) is 27.0 Å². The van der Waals surface area contributed by atoms with Gasteiger partial charge >= 0.3 is 5.97 Å². The Morgan fingerprint density at radius 1 is 1.50 bits per heavy atom. The first kappa shape index (κ1) is 15.1. The van der Waals surface area contributed by atoms with Gasteiger partial charge < -0.3 is 10.2 Å². The van der Waals surface area contributed by atoms with Gasteiger partial charge in [-0.1, -0.05) is 15.9 Å². The second-order valence-corrected chi connectivity index (χ2v) is 7.15. The number of allylic oxidation sites excluding steroid dienone is 1. The van der Waals surface area contributed by atoms with Gasteiger partial charge in [0.05, 0.1) is 10.6 Å². The molecule has 5 nitrogen and oxygen atoms in total. The number of aliphatic carboxylic acids is 1.